The van der Waals surface area contributed by atoms with Gasteiger partial charge >= 0.3 is 5.97 Å². The number of aryl methyl sites for hydroxylation is 2. The molecular weight excluding hydrogens is 320 g/mol. The lowest BCUT2D eigenvalue weighted by atomic mass is 9.85. The molecule has 0 radical (unpaired) electrons. The predicted octanol–water partition coefficient (Wildman–Crippen LogP) is 2.13. The number of carboxylic acids is 1. The number of nitrogens with one attached hydrogen (secondary N) is 1. The number of likely N-dealkylation sites (N-methyl/N-ethyl adjacent to an activating group) is 1. The van der Waals surface area contributed by atoms with Crippen molar-refractivity contribution in [3.63, 3.8) is 0 Å². The number of carboxylic acid groups (broad SMARTS) is 1. The molecular formula is C19H28N2O4. The Kier molecular flexibility index (Phi) is 6.82. The number of carbonyl (C=O) groups excluding carboxylic acids is 1. The first kappa shape index (κ1) is 19.2. The standard InChI is InChI=1S/C19H28N2O4/c1-4-21(12-19(23)24)16-10-15(11-16)20-18(22)7-8-25-17-6-5-13(2)9-14(17)3/h5-6,9,15-16H,4,7-8,10-12H2,1-3H3,(H,20,22)(H,23,24). The molecule has 0 heterocycles. The van der Waals surface area contributed by atoms with E-state index in [0.29, 0.717) is 19.6 Å². The van der Waals surface area contributed by atoms with Crippen molar-refractivity contribution in [1.29, 1.82) is 0 Å². The van der Waals surface area contributed by atoms with Gasteiger partial charge in [0.2, 0.25) is 5.91 Å². The molecule has 0 saturated heterocycles. The molecule has 6 nitrogen and oxygen atoms in total. The second-order valence-corrected chi connectivity index (χ2v) is 6.71. The van der Waals surface area contributed by atoms with Crippen molar-refractivity contribution in [3.8, 4) is 5.75 Å². The molecule has 0 aliphatic heterocycles. The second-order valence-electron chi connectivity index (χ2n) is 6.71. The molecule has 0 spiro atoms. The van der Waals surface area contributed by atoms with Crippen LogP contribution < -0.4 is 10.1 Å². The Morgan fingerprint density at radius 2 is 2.04 bits per heavy atom. The van der Waals surface area contributed by atoms with E-state index in [1.165, 1.54) is 5.56 Å². The highest BCUT2D eigenvalue weighted by Gasteiger charge is 2.34. The van der Waals surface area contributed by atoms with Gasteiger partial charge in [-0.3, -0.25) is 14.5 Å². The minimum atomic E-state index is -0.808. The summed E-state index contributed by atoms with van der Waals surface area (Å²) in [5.74, 6) is -0.0123. The Morgan fingerprint density at radius 3 is 2.64 bits per heavy atom. The maximum absolute atomic E-state index is 12.0. The van der Waals surface area contributed by atoms with E-state index in [0.717, 1.165) is 24.2 Å². The minimum absolute atomic E-state index is 0.0190. The van der Waals surface area contributed by atoms with Crippen molar-refractivity contribution >= 4 is 11.9 Å². The Morgan fingerprint density at radius 1 is 1.32 bits per heavy atom. The average Bonchev–Trinajstić information content (AvgIpc) is 2.50. The SMILES string of the molecule is CCN(CC(=O)O)C1CC(NC(=O)CCOc2ccc(C)cc2C)C1. The van der Waals surface area contributed by atoms with Crippen molar-refractivity contribution in [1.82, 2.24) is 10.2 Å². The fraction of sp³-hybridized carbons (Fsp3) is 0.579. The molecule has 1 aromatic carbocycles. The van der Waals surface area contributed by atoms with Gasteiger partial charge in [-0.15, -0.1) is 0 Å². The summed E-state index contributed by atoms with van der Waals surface area (Å²) < 4.78 is 5.68. The van der Waals surface area contributed by atoms with Crippen molar-refractivity contribution in [2.24, 2.45) is 0 Å². The first-order valence-corrected chi connectivity index (χ1v) is 8.84. The lowest BCUT2D eigenvalue weighted by Gasteiger charge is -2.42. The average molecular weight is 348 g/mol. The molecule has 6 heteroatoms. The molecule has 138 valence electrons. The fourth-order valence-corrected chi connectivity index (χ4v) is 3.19. The number of ether oxygens (including phenoxy) is 1. The third-order valence-corrected chi connectivity index (χ3v) is 4.66. The van der Waals surface area contributed by atoms with Gasteiger partial charge in [0.15, 0.2) is 0 Å². The summed E-state index contributed by atoms with van der Waals surface area (Å²) in [6, 6.07) is 6.37. The molecule has 1 fully saturated rings. The van der Waals surface area contributed by atoms with Gasteiger partial charge in [0.1, 0.15) is 5.75 Å². The van der Waals surface area contributed by atoms with Crippen LogP contribution in [0.25, 0.3) is 0 Å². The number of amides is 1. The van der Waals surface area contributed by atoms with Gasteiger partial charge in [-0.2, -0.15) is 0 Å². The number of benzene rings is 1. The summed E-state index contributed by atoms with van der Waals surface area (Å²) in [6.07, 6.45) is 1.94. The largest absolute Gasteiger partial charge is 0.493 e. The van der Waals surface area contributed by atoms with Gasteiger partial charge in [-0.25, -0.2) is 0 Å². The molecule has 0 bridgehead atoms. The number of carbonyl (C=O) groups is 2. The Labute approximate surface area is 149 Å². The molecule has 1 aromatic rings. The monoisotopic (exact) mass is 348 g/mol. The smallest absolute Gasteiger partial charge is 0.317 e. The molecule has 1 aliphatic rings. The van der Waals surface area contributed by atoms with Crippen LogP contribution >= 0.6 is 0 Å². The van der Waals surface area contributed by atoms with Crippen molar-refractivity contribution < 1.29 is 19.4 Å². The molecule has 1 aliphatic carbocycles. The van der Waals surface area contributed by atoms with Crippen LogP contribution in [-0.2, 0) is 9.59 Å². The molecule has 1 amide bonds. The topological polar surface area (TPSA) is 78.9 Å². The van der Waals surface area contributed by atoms with Crippen LogP contribution in [0, 0.1) is 13.8 Å². The Bertz CT molecular complexity index is 611. The van der Waals surface area contributed by atoms with Crippen molar-refractivity contribution in [3.05, 3.63) is 29.3 Å². The van der Waals surface area contributed by atoms with Crippen LogP contribution in [0.4, 0.5) is 0 Å². The van der Waals surface area contributed by atoms with E-state index in [4.69, 9.17) is 9.84 Å². The highest BCUT2D eigenvalue weighted by atomic mass is 16.5. The third-order valence-electron chi connectivity index (χ3n) is 4.66. The van der Waals surface area contributed by atoms with Gasteiger partial charge in [0, 0.05) is 12.1 Å². The van der Waals surface area contributed by atoms with Crippen LogP contribution in [0.5, 0.6) is 5.75 Å². The second kappa shape index (κ2) is 8.85. The highest BCUT2D eigenvalue weighted by molar-refractivity contribution is 5.76. The molecule has 2 N–H and O–H groups in total. The Balaban J connectivity index is 1.66. The van der Waals surface area contributed by atoms with Gasteiger partial charge in [0.25, 0.3) is 0 Å². The predicted molar refractivity (Wildman–Crippen MR) is 95.9 cm³/mol. The maximum Gasteiger partial charge on any atom is 0.317 e. The van der Waals surface area contributed by atoms with E-state index in [9.17, 15) is 9.59 Å². The van der Waals surface area contributed by atoms with Gasteiger partial charge in [-0.1, -0.05) is 24.6 Å². The van der Waals surface area contributed by atoms with E-state index in [1.807, 2.05) is 37.8 Å². The summed E-state index contributed by atoms with van der Waals surface area (Å²) in [7, 11) is 0. The zero-order chi connectivity index (χ0) is 18.4. The quantitative estimate of drug-likeness (QED) is 0.715. The van der Waals surface area contributed by atoms with Gasteiger partial charge in [0.05, 0.1) is 19.6 Å². The third kappa shape index (κ3) is 5.74. The number of rotatable bonds is 9. The summed E-state index contributed by atoms with van der Waals surface area (Å²) in [5, 5.41) is 11.9. The molecule has 0 atom stereocenters. The minimum Gasteiger partial charge on any atom is -0.493 e. The van der Waals surface area contributed by atoms with E-state index in [2.05, 4.69) is 11.4 Å². The van der Waals surface area contributed by atoms with Gasteiger partial charge in [-0.05, 0) is 44.9 Å². The van der Waals surface area contributed by atoms with E-state index in [-0.39, 0.29) is 24.5 Å². The zero-order valence-electron chi connectivity index (χ0n) is 15.2. The Hall–Kier alpha value is -2.08. The van der Waals surface area contributed by atoms with E-state index >= 15 is 0 Å². The summed E-state index contributed by atoms with van der Waals surface area (Å²) in [5.41, 5.74) is 2.26. The lowest BCUT2D eigenvalue weighted by Crippen LogP contribution is -2.54. The van der Waals surface area contributed by atoms with Gasteiger partial charge < -0.3 is 15.2 Å². The lowest BCUT2D eigenvalue weighted by molar-refractivity contribution is -0.139. The molecule has 1 saturated carbocycles. The van der Waals surface area contributed by atoms with Crippen LogP contribution in [0.15, 0.2) is 18.2 Å². The number of nitrogens with zero attached hydrogens (tertiary/aromatic N) is 1. The normalized spacial score (nSPS) is 19.4. The van der Waals surface area contributed by atoms with E-state index in [1.54, 1.807) is 0 Å². The summed E-state index contributed by atoms with van der Waals surface area (Å²) in [6.45, 7) is 7.11. The molecule has 25 heavy (non-hydrogen) atoms. The summed E-state index contributed by atoms with van der Waals surface area (Å²) >= 11 is 0. The van der Waals surface area contributed by atoms with Crippen LogP contribution in [-0.4, -0.2) is 53.7 Å². The fourth-order valence-electron chi connectivity index (χ4n) is 3.19. The molecule has 0 unspecified atom stereocenters. The number of hydrogen-bond donors (Lipinski definition) is 2. The zero-order valence-corrected chi connectivity index (χ0v) is 15.2. The number of aliphatic carboxylic acids is 1. The summed E-state index contributed by atoms with van der Waals surface area (Å²) in [4.78, 5) is 24.8. The maximum atomic E-state index is 12.0. The van der Waals surface area contributed by atoms with Crippen LogP contribution in [0.1, 0.15) is 37.3 Å². The van der Waals surface area contributed by atoms with Crippen molar-refractivity contribution in [2.75, 3.05) is 19.7 Å². The number of hydrogen-bond acceptors (Lipinski definition) is 4. The van der Waals surface area contributed by atoms with Crippen LogP contribution in [0.3, 0.4) is 0 Å². The molecule has 0 aromatic heterocycles. The highest BCUT2D eigenvalue weighted by Crippen LogP contribution is 2.25. The molecule has 2 rings (SSSR count). The first-order valence-electron chi connectivity index (χ1n) is 8.84. The van der Waals surface area contributed by atoms with E-state index < -0.39 is 5.97 Å². The first-order chi connectivity index (χ1) is 11.9. The van der Waals surface area contributed by atoms with Crippen LogP contribution in [0.2, 0.25) is 0 Å². The van der Waals surface area contributed by atoms with Crippen molar-refractivity contribution in [2.45, 2.75) is 52.1 Å².